The Labute approximate surface area is 116 Å². The lowest BCUT2D eigenvalue weighted by atomic mass is 10.2. The second-order valence-corrected chi connectivity index (χ2v) is 3.87. The Morgan fingerprint density at radius 2 is 2.35 bits per heavy atom. The lowest BCUT2D eigenvalue weighted by molar-refractivity contribution is -0.384. The molecule has 0 aliphatic heterocycles. The van der Waals surface area contributed by atoms with Gasteiger partial charge in [0, 0.05) is 12.6 Å². The van der Waals surface area contributed by atoms with Gasteiger partial charge in [0.25, 0.3) is 5.69 Å². The summed E-state index contributed by atoms with van der Waals surface area (Å²) in [7, 11) is 0. The molecule has 3 N–H and O–H groups in total. The normalized spacial score (nSPS) is 10.0. The third kappa shape index (κ3) is 4.42. The summed E-state index contributed by atoms with van der Waals surface area (Å²) in [6.45, 7) is 2.86. The minimum absolute atomic E-state index is 0.161. The Bertz CT molecular complexity index is 575. The second kappa shape index (κ2) is 7.53. The molecule has 0 fully saturated rings. The largest absolute Gasteiger partial charge is 0.391 e. The van der Waals surface area contributed by atoms with Crippen LogP contribution in [-0.4, -0.2) is 23.7 Å². The highest BCUT2D eigenvalue weighted by molar-refractivity contribution is 5.95. The zero-order valence-corrected chi connectivity index (χ0v) is 11.0. The SMILES string of the molecule is CCN/C=C\C(=N)CNc1ccc(C#N)cc1[N+](=O)[O-]. The molecular weight excluding hydrogens is 258 g/mol. The number of nitriles is 1. The third-order valence-corrected chi connectivity index (χ3v) is 2.40. The first-order chi connectivity index (χ1) is 9.58. The van der Waals surface area contributed by atoms with Gasteiger partial charge in [0.2, 0.25) is 0 Å². The molecule has 7 heteroatoms. The van der Waals surface area contributed by atoms with Crippen molar-refractivity contribution in [2.45, 2.75) is 6.92 Å². The summed E-state index contributed by atoms with van der Waals surface area (Å²) < 4.78 is 0. The highest BCUT2D eigenvalue weighted by Gasteiger charge is 2.14. The maximum absolute atomic E-state index is 10.9. The van der Waals surface area contributed by atoms with Gasteiger partial charge >= 0.3 is 0 Å². The molecule has 0 saturated heterocycles. The van der Waals surface area contributed by atoms with E-state index in [1.54, 1.807) is 12.3 Å². The van der Waals surface area contributed by atoms with E-state index in [2.05, 4.69) is 10.6 Å². The van der Waals surface area contributed by atoms with E-state index in [0.717, 1.165) is 6.54 Å². The first-order valence-electron chi connectivity index (χ1n) is 5.98. The van der Waals surface area contributed by atoms with E-state index >= 15 is 0 Å². The molecule has 0 amide bonds. The van der Waals surface area contributed by atoms with Crippen molar-refractivity contribution in [2.75, 3.05) is 18.4 Å². The number of nitrogens with one attached hydrogen (secondary N) is 3. The molecule has 0 atom stereocenters. The third-order valence-electron chi connectivity index (χ3n) is 2.40. The summed E-state index contributed by atoms with van der Waals surface area (Å²) in [5.74, 6) is 0. The topological polar surface area (TPSA) is 115 Å². The van der Waals surface area contributed by atoms with Gasteiger partial charge in [-0.3, -0.25) is 10.1 Å². The molecule has 0 aliphatic rings. The maximum atomic E-state index is 10.9. The Morgan fingerprint density at radius 1 is 1.60 bits per heavy atom. The highest BCUT2D eigenvalue weighted by Crippen LogP contribution is 2.25. The molecule has 0 spiro atoms. The van der Waals surface area contributed by atoms with Crippen LogP contribution in [0.1, 0.15) is 12.5 Å². The molecule has 7 nitrogen and oxygen atoms in total. The number of anilines is 1. The predicted molar refractivity (Wildman–Crippen MR) is 76.8 cm³/mol. The average Bonchev–Trinajstić information content (AvgIpc) is 2.45. The predicted octanol–water partition coefficient (Wildman–Crippen LogP) is 2.02. The molecule has 1 aromatic rings. The molecule has 20 heavy (non-hydrogen) atoms. The van der Waals surface area contributed by atoms with Crippen molar-refractivity contribution in [3.8, 4) is 6.07 Å². The standard InChI is InChI=1S/C13H15N5O2/c1-2-16-6-5-11(15)9-17-12-4-3-10(8-14)7-13(12)18(19)20/h3-7,15-17H,2,9H2,1H3/b6-5-,15-11?. The van der Waals surface area contributed by atoms with Crippen molar-refractivity contribution in [3.05, 3.63) is 46.2 Å². The minimum Gasteiger partial charge on any atom is -0.391 e. The summed E-state index contributed by atoms with van der Waals surface area (Å²) in [5, 5.41) is 33.1. The van der Waals surface area contributed by atoms with E-state index in [0.29, 0.717) is 0 Å². The van der Waals surface area contributed by atoms with Crippen LogP contribution in [0, 0.1) is 26.9 Å². The maximum Gasteiger partial charge on any atom is 0.293 e. The van der Waals surface area contributed by atoms with E-state index < -0.39 is 4.92 Å². The van der Waals surface area contributed by atoms with Crippen LogP contribution in [0.25, 0.3) is 0 Å². The summed E-state index contributed by atoms with van der Waals surface area (Å²) in [5.41, 5.74) is 0.622. The van der Waals surface area contributed by atoms with Gasteiger partial charge in [-0.1, -0.05) is 0 Å². The Morgan fingerprint density at radius 3 is 2.95 bits per heavy atom. The summed E-state index contributed by atoms with van der Waals surface area (Å²) in [6, 6.07) is 6.03. The van der Waals surface area contributed by atoms with Crippen LogP contribution >= 0.6 is 0 Å². The smallest absolute Gasteiger partial charge is 0.293 e. The van der Waals surface area contributed by atoms with Crippen LogP contribution in [0.2, 0.25) is 0 Å². The van der Waals surface area contributed by atoms with Crippen LogP contribution in [0.3, 0.4) is 0 Å². The van der Waals surface area contributed by atoms with Gasteiger partial charge in [-0.05, 0) is 31.3 Å². The number of hydrogen-bond donors (Lipinski definition) is 3. The molecule has 0 aromatic heterocycles. The fourth-order valence-electron chi connectivity index (χ4n) is 1.43. The fourth-order valence-corrected chi connectivity index (χ4v) is 1.43. The molecule has 0 bridgehead atoms. The molecular formula is C13H15N5O2. The van der Waals surface area contributed by atoms with Crippen LogP contribution < -0.4 is 10.6 Å². The van der Waals surface area contributed by atoms with Gasteiger partial charge in [-0.2, -0.15) is 5.26 Å². The van der Waals surface area contributed by atoms with Gasteiger partial charge in [0.1, 0.15) is 5.69 Å². The first-order valence-corrected chi connectivity index (χ1v) is 5.98. The number of nitrogens with zero attached hydrogens (tertiary/aromatic N) is 2. The van der Waals surface area contributed by atoms with Gasteiger partial charge in [0.15, 0.2) is 0 Å². The zero-order chi connectivity index (χ0) is 15.0. The Balaban J connectivity index is 2.75. The van der Waals surface area contributed by atoms with E-state index in [1.807, 2.05) is 13.0 Å². The molecule has 1 aromatic carbocycles. The quantitative estimate of drug-likeness (QED) is 0.399. The van der Waals surface area contributed by atoms with Crippen molar-refractivity contribution in [1.82, 2.24) is 5.32 Å². The Kier molecular flexibility index (Phi) is 5.72. The van der Waals surface area contributed by atoms with E-state index in [1.165, 1.54) is 18.2 Å². The number of rotatable bonds is 7. The van der Waals surface area contributed by atoms with Crippen molar-refractivity contribution < 1.29 is 4.92 Å². The number of nitro benzene ring substituents is 1. The average molecular weight is 273 g/mol. The minimum atomic E-state index is -0.554. The van der Waals surface area contributed by atoms with Crippen LogP contribution in [0.15, 0.2) is 30.5 Å². The van der Waals surface area contributed by atoms with Crippen molar-refractivity contribution in [3.63, 3.8) is 0 Å². The highest BCUT2D eigenvalue weighted by atomic mass is 16.6. The zero-order valence-electron chi connectivity index (χ0n) is 11.0. The molecule has 0 radical (unpaired) electrons. The van der Waals surface area contributed by atoms with Gasteiger partial charge in [0.05, 0.1) is 28.8 Å². The number of nitro groups is 1. The van der Waals surface area contributed by atoms with Crippen LogP contribution in [0.5, 0.6) is 0 Å². The second-order valence-electron chi connectivity index (χ2n) is 3.87. The van der Waals surface area contributed by atoms with E-state index in [-0.39, 0.29) is 29.2 Å². The van der Waals surface area contributed by atoms with Gasteiger partial charge in [-0.25, -0.2) is 0 Å². The lowest BCUT2D eigenvalue weighted by Crippen LogP contribution is -2.13. The molecule has 104 valence electrons. The molecule has 0 aliphatic carbocycles. The molecule has 0 unspecified atom stereocenters. The summed E-state index contributed by atoms with van der Waals surface area (Å²) in [4.78, 5) is 10.4. The molecule has 0 saturated carbocycles. The first kappa shape index (κ1) is 15.2. The van der Waals surface area contributed by atoms with Gasteiger partial charge < -0.3 is 16.0 Å². The van der Waals surface area contributed by atoms with Crippen molar-refractivity contribution in [2.24, 2.45) is 0 Å². The Hall–Kier alpha value is -2.88. The fraction of sp³-hybridized carbons (Fsp3) is 0.231. The lowest BCUT2D eigenvalue weighted by Gasteiger charge is -2.06. The molecule has 0 heterocycles. The van der Waals surface area contributed by atoms with E-state index in [9.17, 15) is 10.1 Å². The summed E-state index contributed by atoms with van der Waals surface area (Å²) in [6.07, 6.45) is 3.23. The molecule has 1 rings (SSSR count). The van der Waals surface area contributed by atoms with Crippen LogP contribution in [0.4, 0.5) is 11.4 Å². The summed E-state index contributed by atoms with van der Waals surface area (Å²) >= 11 is 0. The number of hydrogen-bond acceptors (Lipinski definition) is 6. The number of benzene rings is 1. The van der Waals surface area contributed by atoms with E-state index in [4.69, 9.17) is 10.7 Å². The monoisotopic (exact) mass is 273 g/mol. The van der Waals surface area contributed by atoms with Crippen molar-refractivity contribution in [1.29, 1.82) is 10.7 Å². The van der Waals surface area contributed by atoms with Gasteiger partial charge in [-0.15, -0.1) is 0 Å². The van der Waals surface area contributed by atoms with Crippen molar-refractivity contribution >= 4 is 17.1 Å². The van der Waals surface area contributed by atoms with Crippen LogP contribution in [-0.2, 0) is 0 Å².